The summed E-state index contributed by atoms with van der Waals surface area (Å²) in [4.78, 5) is 0. The maximum Gasteiger partial charge on any atom is 2.00 e. The van der Waals surface area contributed by atoms with E-state index in [0.29, 0.717) is 0 Å². The smallest absolute Gasteiger partial charge is 0.358 e. The SMILES string of the molecule is C1CCCC1.CCCCC1CCCC1.[CH3-].[CH3-].[Fe+2]. The first-order valence-corrected chi connectivity index (χ1v) is 6.93. The number of hydrogen-bond donors (Lipinski definition) is 0. The normalized spacial score (nSPS) is 18.2. The molecule has 0 atom stereocenters. The Morgan fingerprint density at radius 3 is 1.53 bits per heavy atom. The predicted molar refractivity (Wildman–Crippen MR) is 77.4 cm³/mol. The summed E-state index contributed by atoms with van der Waals surface area (Å²) in [5.74, 6) is 1.12. The Balaban J connectivity index is -0.000000216. The van der Waals surface area contributed by atoms with E-state index in [4.69, 9.17) is 0 Å². The van der Waals surface area contributed by atoms with Crippen LogP contribution in [0.5, 0.6) is 0 Å². The van der Waals surface area contributed by atoms with Crippen LogP contribution in [-0.2, 0) is 17.1 Å². The first kappa shape index (κ1) is 22.7. The van der Waals surface area contributed by atoms with E-state index in [1.54, 1.807) is 0 Å². The first-order chi connectivity index (χ1) is 6.93. The first-order valence-electron chi connectivity index (χ1n) is 6.93. The maximum absolute atomic E-state index is 2.29. The van der Waals surface area contributed by atoms with Gasteiger partial charge < -0.3 is 14.9 Å². The Morgan fingerprint density at radius 2 is 1.18 bits per heavy atom. The molecule has 0 nitrogen and oxygen atoms in total. The van der Waals surface area contributed by atoms with Gasteiger partial charge in [-0.3, -0.25) is 0 Å². The van der Waals surface area contributed by atoms with Gasteiger partial charge in [0.25, 0.3) is 0 Å². The molecule has 0 N–H and O–H groups in total. The van der Waals surface area contributed by atoms with E-state index >= 15 is 0 Å². The van der Waals surface area contributed by atoms with Crippen LogP contribution in [0.25, 0.3) is 0 Å². The van der Waals surface area contributed by atoms with E-state index < -0.39 is 0 Å². The molecule has 0 heterocycles. The Bertz CT molecular complexity index is 105. The number of hydrogen-bond acceptors (Lipinski definition) is 0. The Morgan fingerprint density at radius 1 is 0.765 bits per heavy atom. The van der Waals surface area contributed by atoms with Crippen molar-refractivity contribution in [1.29, 1.82) is 0 Å². The molecule has 0 aromatic heterocycles. The van der Waals surface area contributed by atoms with Crippen LogP contribution >= 0.6 is 0 Å². The second-order valence-electron chi connectivity index (χ2n) is 5.06. The van der Waals surface area contributed by atoms with E-state index in [1.807, 2.05) is 0 Å². The van der Waals surface area contributed by atoms with Gasteiger partial charge in [-0.1, -0.05) is 84.0 Å². The van der Waals surface area contributed by atoms with Gasteiger partial charge in [0.05, 0.1) is 0 Å². The monoisotopic (exact) mass is 282 g/mol. The number of unbranched alkanes of at least 4 members (excludes halogenated alkanes) is 1. The molecule has 0 bridgehead atoms. The van der Waals surface area contributed by atoms with Crippen molar-refractivity contribution in [3.63, 3.8) is 0 Å². The Labute approximate surface area is 122 Å². The van der Waals surface area contributed by atoms with Crippen molar-refractivity contribution in [2.45, 2.75) is 84.0 Å². The molecule has 0 spiro atoms. The molecule has 2 fully saturated rings. The molecule has 0 aromatic carbocycles. The van der Waals surface area contributed by atoms with Crippen LogP contribution in [0.15, 0.2) is 0 Å². The molecule has 2 aliphatic rings. The fourth-order valence-corrected chi connectivity index (χ4v) is 2.68. The molecule has 2 rings (SSSR count). The third-order valence-corrected chi connectivity index (χ3v) is 3.69. The summed E-state index contributed by atoms with van der Waals surface area (Å²) in [7, 11) is 0. The van der Waals surface area contributed by atoms with Crippen molar-refractivity contribution in [2.75, 3.05) is 0 Å². The molecule has 0 aromatic rings. The molecule has 0 unspecified atom stereocenters. The average Bonchev–Trinajstić information content (AvgIpc) is 2.90. The molecular formula is C16H34Fe. The van der Waals surface area contributed by atoms with Gasteiger partial charge in [-0.05, 0) is 5.92 Å². The predicted octanol–water partition coefficient (Wildman–Crippen LogP) is 6.22. The molecule has 2 aliphatic carbocycles. The zero-order valence-electron chi connectivity index (χ0n) is 12.4. The third kappa shape index (κ3) is 12.8. The summed E-state index contributed by atoms with van der Waals surface area (Å²) in [6.45, 7) is 2.29. The van der Waals surface area contributed by atoms with Gasteiger partial charge in [-0.2, -0.15) is 0 Å². The largest absolute Gasteiger partial charge is 2.00 e. The molecule has 0 saturated heterocycles. The molecular weight excluding hydrogens is 248 g/mol. The van der Waals surface area contributed by atoms with Gasteiger partial charge in [-0.15, -0.1) is 0 Å². The van der Waals surface area contributed by atoms with Crippen LogP contribution < -0.4 is 0 Å². The average molecular weight is 282 g/mol. The maximum atomic E-state index is 2.29. The van der Waals surface area contributed by atoms with Gasteiger partial charge in [0.2, 0.25) is 0 Å². The summed E-state index contributed by atoms with van der Waals surface area (Å²) in [5, 5.41) is 0. The van der Waals surface area contributed by atoms with Crippen LogP contribution in [-0.4, -0.2) is 0 Å². The fraction of sp³-hybridized carbons (Fsp3) is 0.875. The molecule has 1 heteroatoms. The van der Waals surface area contributed by atoms with E-state index in [2.05, 4.69) is 6.92 Å². The van der Waals surface area contributed by atoms with E-state index in [0.717, 1.165) is 5.92 Å². The van der Waals surface area contributed by atoms with Gasteiger partial charge in [-0.25, -0.2) is 0 Å². The summed E-state index contributed by atoms with van der Waals surface area (Å²) in [6, 6.07) is 0. The van der Waals surface area contributed by atoms with Crippen molar-refractivity contribution in [3.05, 3.63) is 14.9 Å². The van der Waals surface area contributed by atoms with E-state index in [9.17, 15) is 0 Å². The summed E-state index contributed by atoms with van der Waals surface area (Å²) < 4.78 is 0. The molecule has 0 radical (unpaired) electrons. The quantitative estimate of drug-likeness (QED) is 0.426. The Kier molecular flexibility index (Phi) is 22.0. The third-order valence-electron chi connectivity index (χ3n) is 3.69. The Hall–Kier alpha value is 0.519. The van der Waals surface area contributed by atoms with Crippen LogP contribution in [0.3, 0.4) is 0 Å². The summed E-state index contributed by atoms with van der Waals surface area (Å²) in [5.41, 5.74) is 0. The van der Waals surface area contributed by atoms with Gasteiger partial charge >= 0.3 is 17.1 Å². The minimum absolute atomic E-state index is 0. The zero-order chi connectivity index (χ0) is 10.1. The molecule has 0 aliphatic heterocycles. The van der Waals surface area contributed by atoms with Gasteiger partial charge in [0, 0.05) is 0 Å². The summed E-state index contributed by atoms with van der Waals surface area (Å²) >= 11 is 0. The van der Waals surface area contributed by atoms with Crippen LogP contribution in [0.4, 0.5) is 0 Å². The number of rotatable bonds is 3. The molecule has 17 heavy (non-hydrogen) atoms. The van der Waals surface area contributed by atoms with Gasteiger partial charge in [0.15, 0.2) is 0 Å². The topological polar surface area (TPSA) is 0 Å². The minimum atomic E-state index is 0. The van der Waals surface area contributed by atoms with Crippen molar-refractivity contribution < 1.29 is 17.1 Å². The zero-order valence-corrected chi connectivity index (χ0v) is 13.5. The van der Waals surface area contributed by atoms with Crippen LogP contribution in [0.1, 0.15) is 84.0 Å². The second-order valence-corrected chi connectivity index (χ2v) is 5.06. The van der Waals surface area contributed by atoms with Crippen molar-refractivity contribution in [1.82, 2.24) is 0 Å². The molecule has 106 valence electrons. The molecule has 2 saturated carbocycles. The van der Waals surface area contributed by atoms with E-state index in [-0.39, 0.29) is 31.9 Å². The van der Waals surface area contributed by atoms with Crippen molar-refractivity contribution >= 4 is 0 Å². The standard InChI is InChI=1S/C9H18.C5H10.2CH3.Fe/c1-2-3-6-9-7-4-5-8-9;1-2-4-5-3-1;;;/h9H,2-8H2,1H3;1-5H2;2*1H3;/q;;2*-1;+2. The minimum Gasteiger partial charge on any atom is -0.358 e. The fourth-order valence-electron chi connectivity index (χ4n) is 2.68. The van der Waals surface area contributed by atoms with E-state index in [1.165, 1.54) is 77.0 Å². The second kappa shape index (κ2) is 16.5. The van der Waals surface area contributed by atoms with Crippen molar-refractivity contribution in [2.24, 2.45) is 5.92 Å². The van der Waals surface area contributed by atoms with Crippen LogP contribution in [0, 0.1) is 20.8 Å². The summed E-state index contributed by atoms with van der Waals surface area (Å²) in [6.07, 6.45) is 17.9. The van der Waals surface area contributed by atoms with Crippen LogP contribution in [0.2, 0.25) is 0 Å². The van der Waals surface area contributed by atoms with Crippen molar-refractivity contribution in [3.8, 4) is 0 Å². The van der Waals surface area contributed by atoms with Gasteiger partial charge in [0.1, 0.15) is 0 Å². The molecule has 0 amide bonds.